The van der Waals surface area contributed by atoms with Crippen molar-refractivity contribution in [2.75, 3.05) is 6.54 Å². The monoisotopic (exact) mass is 307 g/mol. The second kappa shape index (κ2) is 5.37. The number of nitrogens with zero attached hydrogens (tertiary/aromatic N) is 3. The maximum atomic E-state index is 11.2. The van der Waals surface area contributed by atoms with Gasteiger partial charge in [0.05, 0.1) is 0 Å². The molecule has 2 heterocycles. The van der Waals surface area contributed by atoms with Crippen molar-refractivity contribution in [2.24, 2.45) is 0 Å². The maximum absolute atomic E-state index is 11.2. The molecule has 1 atom stereocenters. The van der Waals surface area contributed by atoms with E-state index in [1.165, 1.54) is 4.90 Å². The molecule has 0 aliphatic carbocycles. The average Bonchev–Trinajstić information content (AvgIpc) is 3.09. The van der Waals surface area contributed by atoms with Crippen LogP contribution in [0.2, 0.25) is 5.02 Å². The van der Waals surface area contributed by atoms with Crippen LogP contribution in [0.3, 0.4) is 0 Å². The third-order valence-electron chi connectivity index (χ3n) is 3.73. The summed E-state index contributed by atoms with van der Waals surface area (Å²) >= 11 is 6.09. The van der Waals surface area contributed by atoms with Gasteiger partial charge >= 0.3 is 6.09 Å². The second-order valence-electron chi connectivity index (χ2n) is 5.00. The van der Waals surface area contributed by atoms with Gasteiger partial charge in [0.25, 0.3) is 0 Å². The molecule has 0 unspecified atom stereocenters. The number of aromatic nitrogens is 2. The van der Waals surface area contributed by atoms with Crippen molar-refractivity contribution < 1.29 is 14.4 Å². The van der Waals surface area contributed by atoms with Crippen LogP contribution in [0, 0.1) is 6.92 Å². The molecule has 1 aromatic heterocycles. The first-order valence-corrected chi connectivity index (χ1v) is 7.04. The van der Waals surface area contributed by atoms with Gasteiger partial charge in [-0.2, -0.15) is 4.98 Å². The molecular weight excluding hydrogens is 294 g/mol. The minimum Gasteiger partial charge on any atom is -0.465 e. The minimum atomic E-state index is -0.962. The number of benzene rings is 1. The Morgan fingerprint density at radius 1 is 1.52 bits per heavy atom. The zero-order valence-electron chi connectivity index (χ0n) is 11.4. The first kappa shape index (κ1) is 13.9. The number of likely N-dealkylation sites (tertiary alicyclic amines) is 1. The second-order valence-corrected chi connectivity index (χ2v) is 5.41. The normalized spacial score (nSPS) is 18.2. The van der Waals surface area contributed by atoms with Crippen LogP contribution in [0.25, 0.3) is 11.4 Å². The van der Waals surface area contributed by atoms with Crippen LogP contribution in [-0.4, -0.2) is 32.8 Å². The molecule has 0 bridgehead atoms. The molecule has 0 saturated carbocycles. The lowest BCUT2D eigenvalue weighted by Crippen LogP contribution is -2.28. The summed E-state index contributed by atoms with van der Waals surface area (Å²) in [6.45, 7) is 2.38. The highest BCUT2D eigenvalue weighted by Crippen LogP contribution is 2.33. The van der Waals surface area contributed by atoms with E-state index >= 15 is 0 Å². The predicted octanol–water partition coefficient (Wildman–Crippen LogP) is 3.51. The molecule has 0 radical (unpaired) electrons. The van der Waals surface area contributed by atoms with Gasteiger partial charge in [-0.1, -0.05) is 28.9 Å². The molecule has 6 nitrogen and oxygen atoms in total. The first-order valence-electron chi connectivity index (χ1n) is 6.66. The number of hydrogen-bond acceptors (Lipinski definition) is 4. The van der Waals surface area contributed by atoms with E-state index in [1.54, 1.807) is 6.07 Å². The molecule has 110 valence electrons. The lowest BCUT2D eigenvalue weighted by atomic mass is 10.1. The van der Waals surface area contributed by atoms with E-state index < -0.39 is 6.09 Å². The molecule has 1 fully saturated rings. The van der Waals surface area contributed by atoms with Gasteiger partial charge in [0.2, 0.25) is 11.7 Å². The predicted molar refractivity (Wildman–Crippen MR) is 76.2 cm³/mol. The van der Waals surface area contributed by atoms with Crippen molar-refractivity contribution in [1.29, 1.82) is 0 Å². The van der Waals surface area contributed by atoms with Crippen molar-refractivity contribution in [3.8, 4) is 11.4 Å². The van der Waals surface area contributed by atoms with Gasteiger partial charge in [0.1, 0.15) is 6.04 Å². The highest BCUT2D eigenvalue weighted by molar-refractivity contribution is 6.31. The fourth-order valence-corrected chi connectivity index (χ4v) is 2.76. The van der Waals surface area contributed by atoms with Crippen LogP contribution in [-0.2, 0) is 0 Å². The Morgan fingerprint density at radius 2 is 2.33 bits per heavy atom. The van der Waals surface area contributed by atoms with Crippen molar-refractivity contribution in [3.05, 3.63) is 34.7 Å². The van der Waals surface area contributed by atoms with E-state index in [2.05, 4.69) is 10.1 Å². The highest BCUT2D eigenvalue weighted by atomic mass is 35.5. The summed E-state index contributed by atoms with van der Waals surface area (Å²) in [5.41, 5.74) is 1.66. The Bertz CT molecular complexity index is 686. The van der Waals surface area contributed by atoms with Crippen LogP contribution >= 0.6 is 11.6 Å². The Morgan fingerprint density at radius 3 is 3.10 bits per heavy atom. The summed E-state index contributed by atoms with van der Waals surface area (Å²) in [6.07, 6.45) is 0.532. The van der Waals surface area contributed by atoms with Gasteiger partial charge in [0, 0.05) is 17.1 Å². The minimum absolute atomic E-state index is 0.337. The maximum Gasteiger partial charge on any atom is 0.407 e. The fraction of sp³-hybridized carbons (Fsp3) is 0.357. The lowest BCUT2D eigenvalue weighted by Gasteiger charge is -2.17. The molecule has 1 N–H and O–H groups in total. The molecule has 1 aliphatic rings. The molecular formula is C14H14ClN3O3. The standard InChI is InChI=1S/C14H14ClN3O3/c1-8-9(4-2-5-10(8)15)12-16-13(21-17-12)11-6-3-7-18(11)14(19)20/h2,4-5,11H,3,6-7H2,1H3,(H,19,20)/t11-/m0/s1. The molecule has 1 aromatic carbocycles. The topological polar surface area (TPSA) is 79.5 Å². The zero-order chi connectivity index (χ0) is 15.0. The third kappa shape index (κ3) is 2.47. The van der Waals surface area contributed by atoms with E-state index in [4.69, 9.17) is 21.2 Å². The summed E-state index contributed by atoms with van der Waals surface area (Å²) in [4.78, 5) is 16.9. The first-order chi connectivity index (χ1) is 10.1. The molecule has 3 rings (SSSR count). The number of amides is 1. The Labute approximate surface area is 126 Å². The van der Waals surface area contributed by atoms with E-state index in [1.807, 2.05) is 19.1 Å². The summed E-state index contributed by atoms with van der Waals surface area (Å²) < 4.78 is 5.27. The van der Waals surface area contributed by atoms with Crippen molar-refractivity contribution in [2.45, 2.75) is 25.8 Å². The summed E-state index contributed by atoms with van der Waals surface area (Å²) in [6, 6.07) is 5.12. The Hall–Kier alpha value is -2.08. The highest BCUT2D eigenvalue weighted by Gasteiger charge is 2.34. The molecule has 21 heavy (non-hydrogen) atoms. The molecule has 1 aliphatic heterocycles. The van der Waals surface area contributed by atoms with Crippen LogP contribution in [0.5, 0.6) is 0 Å². The number of hydrogen-bond donors (Lipinski definition) is 1. The number of carboxylic acid groups (broad SMARTS) is 1. The van der Waals surface area contributed by atoms with Gasteiger partial charge in [-0.3, -0.25) is 4.90 Å². The van der Waals surface area contributed by atoms with Crippen molar-refractivity contribution >= 4 is 17.7 Å². The number of carbonyl (C=O) groups is 1. The van der Waals surface area contributed by atoms with Crippen LogP contribution in [0.4, 0.5) is 4.79 Å². The Kier molecular flexibility index (Phi) is 3.55. The smallest absolute Gasteiger partial charge is 0.407 e. The molecule has 0 spiro atoms. The summed E-state index contributed by atoms with van der Waals surface area (Å²) in [7, 11) is 0. The average molecular weight is 308 g/mol. The number of halogens is 1. The fourth-order valence-electron chi connectivity index (χ4n) is 2.58. The van der Waals surface area contributed by atoms with Crippen LogP contribution < -0.4 is 0 Å². The number of rotatable bonds is 2. The lowest BCUT2D eigenvalue weighted by molar-refractivity contribution is 0.131. The van der Waals surface area contributed by atoms with Crippen LogP contribution in [0.15, 0.2) is 22.7 Å². The van der Waals surface area contributed by atoms with E-state index in [9.17, 15) is 4.79 Å². The van der Waals surface area contributed by atoms with E-state index in [-0.39, 0.29) is 6.04 Å². The summed E-state index contributed by atoms with van der Waals surface area (Å²) in [5, 5.41) is 13.8. The van der Waals surface area contributed by atoms with Gasteiger partial charge in [-0.15, -0.1) is 0 Å². The third-order valence-corrected chi connectivity index (χ3v) is 4.14. The van der Waals surface area contributed by atoms with Gasteiger partial charge in [0.15, 0.2) is 0 Å². The quantitative estimate of drug-likeness (QED) is 0.918. The molecule has 2 aromatic rings. The van der Waals surface area contributed by atoms with Crippen molar-refractivity contribution in [3.63, 3.8) is 0 Å². The van der Waals surface area contributed by atoms with E-state index in [0.717, 1.165) is 17.5 Å². The van der Waals surface area contributed by atoms with Gasteiger partial charge < -0.3 is 9.63 Å². The van der Waals surface area contributed by atoms with Gasteiger partial charge in [-0.25, -0.2) is 4.79 Å². The van der Waals surface area contributed by atoms with Gasteiger partial charge in [-0.05, 0) is 31.4 Å². The Balaban J connectivity index is 1.93. The SMILES string of the molecule is Cc1c(Cl)cccc1-c1noc([C@@H]2CCCN2C(=O)O)n1. The largest absolute Gasteiger partial charge is 0.465 e. The van der Waals surface area contributed by atoms with Crippen molar-refractivity contribution in [1.82, 2.24) is 15.0 Å². The molecule has 1 amide bonds. The molecule has 7 heteroatoms. The van der Waals surface area contributed by atoms with Crippen LogP contribution in [0.1, 0.15) is 30.3 Å². The zero-order valence-corrected chi connectivity index (χ0v) is 12.2. The summed E-state index contributed by atoms with van der Waals surface area (Å²) in [5.74, 6) is 0.770. The molecule has 1 saturated heterocycles. The van der Waals surface area contributed by atoms with E-state index in [0.29, 0.717) is 29.7 Å².